The van der Waals surface area contributed by atoms with Crippen molar-refractivity contribution in [3.05, 3.63) is 71.4 Å². The van der Waals surface area contributed by atoms with Crippen LogP contribution < -0.4 is 5.32 Å². The van der Waals surface area contributed by atoms with Gasteiger partial charge in [0.25, 0.3) is 0 Å². The summed E-state index contributed by atoms with van der Waals surface area (Å²) in [5.74, 6) is 0. The van der Waals surface area contributed by atoms with Gasteiger partial charge in [-0.3, -0.25) is 4.98 Å². The van der Waals surface area contributed by atoms with Crippen LogP contribution in [-0.4, -0.2) is 11.5 Å². The first-order chi connectivity index (χ1) is 12.7. The third-order valence-corrected chi connectivity index (χ3v) is 4.05. The third kappa shape index (κ3) is 4.32. The van der Waals surface area contributed by atoms with Crippen molar-refractivity contribution in [1.29, 1.82) is 0 Å². The number of hydrogen-bond acceptors (Lipinski definition) is 2. The Morgan fingerprint density at radius 1 is 0.852 bits per heavy atom. The molecule has 0 unspecified atom stereocenters. The van der Waals surface area contributed by atoms with Crippen molar-refractivity contribution in [2.75, 3.05) is 11.9 Å². The molecule has 8 heteroatoms. The highest BCUT2D eigenvalue weighted by Crippen LogP contribution is 2.41. The number of nitrogens with one attached hydrogen (secondary N) is 1. The lowest BCUT2D eigenvalue weighted by molar-refractivity contribution is -0.142. The Kier molecular flexibility index (Phi) is 4.99. The molecule has 0 atom stereocenters. The van der Waals surface area contributed by atoms with Crippen molar-refractivity contribution in [2.24, 2.45) is 0 Å². The van der Waals surface area contributed by atoms with Crippen LogP contribution in [0.4, 0.5) is 32.0 Å². The molecular formula is C19H14F6N2. The zero-order valence-electron chi connectivity index (χ0n) is 13.8. The Hall–Kier alpha value is -2.77. The normalized spacial score (nSPS) is 12.4. The maximum absolute atomic E-state index is 13.4. The second kappa shape index (κ2) is 7.09. The van der Waals surface area contributed by atoms with Crippen molar-refractivity contribution in [3.63, 3.8) is 0 Å². The number of rotatable bonds is 4. The molecule has 1 aromatic heterocycles. The predicted octanol–water partition coefficient (Wildman–Crippen LogP) is 5.93. The SMILES string of the molecule is FC(F)(F)c1cc(C(F)(F)F)c2c(NCCc3ccccc3)ccnc2c1. The summed E-state index contributed by atoms with van der Waals surface area (Å²) in [4.78, 5) is 3.72. The molecular weight excluding hydrogens is 370 g/mol. The molecule has 0 fully saturated rings. The Labute approximate surface area is 150 Å². The van der Waals surface area contributed by atoms with Gasteiger partial charge in [0.15, 0.2) is 0 Å². The monoisotopic (exact) mass is 384 g/mol. The van der Waals surface area contributed by atoms with E-state index >= 15 is 0 Å². The van der Waals surface area contributed by atoms with Crippen molar-refractivity contribution < 1.29 is 26.3 Å². The first-order valence-corrected chi connectivity index (χ1v) is 8.01. The van der Waals surface area contributed by atoms with E-state index < -0.39 is 23.5 Å². The van der Waals surface area contributed by atoms with Crippen LogP contribution in [0.1, 0.15) is 16.7 Å². The van der Waals surface area contributed by atoms with Crippen LogP contribution in [0.25, 0.3) is 10.9 Å². The molecule has 0 saturated carbocycles. The molecule has 3 rings (SSSR count). The summed E-state index contributed by atoms with van der Waals surface area (Å²) >= 11 is 0. The Morgan fingerprint density at radius 2 is 1.56 bits per heavy atom. The van der Waals surface area contributed by atoms with Gasteiger partial charge in [-0.15, -0.1) is 0 Å². The van der Waals surface area contributed by atoms with Gasteiger partial charge in [-0.05, 0) is 30.2 Å². The fourth-order valence-corrected chi connectivity index (χ4v) is 2.81. The molecule has 3 aromatic rings. The summed E-state index contributed by atoms with van der Waals surface area (Å²) in [6.45, 7) is 0.321. The lowest BCUT2D eigenvalue weighted by Gasteiger charge is -2.17. The van der Waals surface area contributed by atoms with Gasteiger partial charge in [-0.2, -0.15) is 26.3 Å². The fraction of sp³-hybridized carbons (Fsp3) is 0.211. The lowest BCUT2D eigenvalue weighted by atomic mass is 10.0. The van der Waals surface area contributed by atoms with Crippen molar-refractivity contribution in [3.8, 4) is 0 Å². The van der Waals surface area contributed by atoms with E-state index in [-0.39, 0.29) is 22.7 Å². The highest BCUT2D eigenvalue weighted by atomic mass is 19.4. The molecule has 1 heterocycles. The van der Waals surface area contributed by atoms with E-state index in [0.717, 1.165) is 5.56 Å². The van der Waals surface area contributed by atoms with E-state index in [2.05, 4.69) is 10.3 Å². The van der Waals surface area contributed by atoms with Gasteiger partial charge in [0.2, 0.25) is 0 Å². The van der Waals surface area contributed by atoms with Gasteiger partial charge in [0.1, 0.15) is 0 Å². The van der Waals surface area contributed by atoms with E-state index in [0.29, 0.717) is 19.0 Å². The summed E-state index contributed by atoms with van der Waals surface area (Å²) in [6.07, 6.45) is -8.11. The van der Waals surface area contributed by atoms with Crippen LogP contribution in [0.3, 0.4) is 0 Å². The van der Waals surface area contributed by atoms with E-state index in [1.54, 1.807) is 0 Å². The molecule has 0 aliphatic heterocycles. The average molecular weight is 384 g/mol. The number of fused-ring (bicyclic) bond motifs is 1. The molecule has 1 N–H and O–H groups in total. The number of hydrogen-bond donors (Lipinski definition) is 1. The first kappa shape index (κ1) is 19.0. The minimum absolute atomic E-state index is 0.0944. The first-order valence-electron chi connectivity index (χ1n) is 8.01. The van der Waals surface area contributed by atoms with Crippen LogP contribution in [0.15, 0.2) is 54.7 Å². The number of benzene rings is 2. The van der Waals surface area contributed by atoms with Crippen molar-refractivity contribution >= 4 is 16.6 Å². The van der Waals surface area contributed by atoms with E-state index in [1.165, 1.54) is 12.3 Å². The Balaban J connectivity index is 2.01. The van der Waals surface area contributed by atoms with Crippen LogP contribution in [-0.2, 0) is 18.8 Å². The summed E-state index contributed by atoms with van der Waals surface area (Å²) in [5.41, 5.74) is -2.02. The Morgan fingerprint density at radius 3 is 2.19 bits per heavy atom. The molecule has 2 aromatic carbocycles. The van der Waals surface area contributed by atoms with Gasteiger partial charge < -0.3 is 5.32 Å². The van der Waals surface area contributed by atoms with Gasteiger partial charge in [-0.1, -0.05) is 30.3 Å². The van der Waals surface area contributed by atoms with Crippen LogP contribution in [0.5, 0.6) is 0 Å². The maximum atomic E-state index is 13.4. The number of nitrogens with zero attached hydrogens (tertiary/aromatic N) is 1. The quantitative estimate of drug-likeness (QED) is 0.564. The van der Waals surface area contributed by atoms with Crippen molar-refractivity contribution in [2.45, 2.75) is 18.8 Å². The number of pyridine rings is 1. The summed E-state index contributed by atoms with van der Waals surface area (Å²) < 4.78 is 79.2. The highest BCUT2D eigenvalue weighted by Gasteiger charge is 2.38. The molecule has 0 radical (unpaired) electrons. The van der Waals surface area contributed by atoms with Crippen molar-refractivity contribution in [1.82, 2.24) is 4.98 Å². The molecule has 142 valence electrons. The second-order valence-corrected chi connectivity index (χ2v) is 5.93. The van der Waals surface area contributed by atoms with E-state index in [1.807, 2.05) is 30.3 Å². The lowest BCUT2D eigenvalue weighted by Crippen LogP contribution is -2.13. The van der Waals surface area contributed by atoms with E-state index in [4.69, 9.17) is 0 Å². The van der Waals surface area contributed by atoms with Gasteiger partial charge in [0, 0.05) is 23.8 Å². The average Bonchev–Trinajstić information content (AvgIpc) is 2.60. The third-order valence-electron chi connectivity index (χ3n) is 4.05. The number of halogens is 6. The number of anilines is 1. The van der Waals surface area contributed by atoms with E-state index in [9.17, 15) is 26.3 Å². The highest BCUT2D eigenvalue weighted by molar-refractivity contribution is 5.95. The molecule has 0 aliphatic carbocycles. The van der Waals surface area contributed by atoms with Gasteiger partial charge >= 0.3 is 12.4 Å². The fourth-order valence-electron chi connectivity index (χ4n) is 2.81. The molecule has 0 spiro atoms. The summed E-state index contributed by atoms with van der Waals surface area (Å²) in [5, 5.41) is 2.52. The van der Waals surface area contributed by atoms with Crippen LogP contribution in [0, 0.1) is 0 Å². The molecule has 0 saturated heterocycles. The smallest absolute Gasteiger partial charge is 0.384 e. The maximum Gasteiger partial charge on any atom is 0.417 e. The minimum atomic E-state index is -4.95. The van der Waals surface area contributed by atoms with Crippen LogP contribution in [0.2, 0.25) is 0 Å². The van der Waals surface area contributed by atoms with Gasteiger partial charge in [-0.25, -0.2) is 0 Å². The molecule has 0 aliphatic rings. The minimum Gasteiger partial charge on any atom is -0.384 e. The van der Waals surface area contributed by atoms with Gasteiger partial charge in [0.05, 0.1) is 16.6 Å². The molecule has 0 bridgehead atoms. The second-order valence-electron chi connectivity index (χ2n) is 5.93. The molecule has 27 heavy (non-hydrogen) atoms. The number of alkyl halides is 6. The summed E-state index contributed by atoms with van der Waals surface area (Å²) in [7, 11) is 0. The van der Waals surface area contributed by atoms with Crippen LogP contribution >= 0.6 is 0 Å². The summed E-state index contributed by atoms with van der Waals surface area (Å²) in [6, 6.07) is 11.4. The standard InChI is InChI=1S/C19H14F6N2/c20-18(21,22)13-10-14(19(23,24)25)17-15(7-9-27-16(17)11-13)26-8-6-12-4-2-1-3-5-12/h1-5,7,9-11H,6,8H2,(H,26,27). The number of aromatic nitrogens is 1. The predicted molar refractivity (Wildman–Crippen MR) is 90.4 cm³/mol. The topological polar surface area (TPSA) is 24.9 Å². The molecule has 0 amide bonds. The molecule has 2 nitrogen and oxygen atoms in total. The largest absolute Gasteiger partial charge is 0.417 e. The Bertz CT molecular complexity index is 933. The zero-order valence-corrected chi connectivity index (χ0v) is 13.8. The zero-order chi connectivity index (χ0) is 19.7.